The Morgan fingerprint density at radius 2 is 1.55 bits per heavy atom. The first-order valence-electron chi connectivity index (χ1n) is 11.0. The van der Waals surface area contributed by atoms with E-state index in [0.717, 1.165) is 32.4 Å². The number of carbonyl (C=O) groups is 1. The van der Waals surface area contributed by atoms with Crippen molar-refractivity contribution in [1.29, 1.82) is 0 Å². The van der Waals surface area contributed by atoms with Gasteiger partial charge in [0, 0.05) is 15.3 Å². The Morgan fingerprint density at radius 3 is 2.10 bits per heavy atom. The second-order valence-electron chi connectivity index (χ2n) is 6.92. The number of halogens is 1. The Hall–Kier alpha value is -0.800. The maximum absolute atomic E-state index is 14.1. The second kappa shape index (κ2) is 20.5. The summed E-state index contributed by atoms with van der Waals surface area (Å²) in [6, 6.07) is 0. The van der Waals surface area contributed by atoms with Gasteiger partial charge < -0.3 is 29.6 Å². The number of amides is 1. The van der Waals surface area contributed by atoms with Crippen molar-refractivity contribution < 1.29 is 31.0 Å². The molecule has 0 spiro atoms. The Bertz CT molecular complexity index is 388. The molecule has 0 aromatic rings. The van der Waals surface area contributed by atoms with Crippen molar-refractivity contribution in [2.24, 2.45) is 5.92 Å². The third kappa shape index (κ3) is 16.7. The minimum Gasteiger partial charge on any atom is -0.378 e. The van der Waals surface area contributed by atoms with Crippen LogP contribution in [0.4, 0.5) is 4.39 Å². The van der Waals surface area contributed by atoms with E-state index in [2.05, 4.69) is 17.6 Å². The number of ether oxygens (including phenoxy) is 4. The summed E-state index contributed by atoms with van der Waals surface area (Å²) in [5.41, 5.74) is 0. The average Bonchev–Trinajstić information content (AvgIpc) is 2.73. The minimum absolute atomic E-state index is 0. The smallest absolute Gasteiger partial charge is 0.223 e. The fraction of sp³-hybridized carbons (Fsp3) is 0.952. The summed E-state index contributed by atoms with van der Waals surface area (Å²) in [5, 5.41) is 5.87. The van der Waals surface area contributed by atoms with Crippen LogP contribution in [0, 0.1) is 5.92 Å². The predicted molar refractivity (Wildman–Crippen MR) is 117 cm³/mol. The number of nitrogens with one attached hydrogen (secondary N) is 2. The molecule has 1 amide bonds. The monoisotopic (exact) mass is 426 g/mol. The van der Waals surface area contributed by atoms with Crippen molar-refractivity contribution in [2.45, 2.75) is 59.2 Å². The largest absolute Gasteiger partial charge is 0.378 e. The predicted octanol–water partition coefficient (Wildman–Crippen LogP) is 2.82. The van der Waals surface area contributed by atoms with Gasteiger partial charge in [0.2, 0.25) is 5.91 Å². The van der Waals surface area contributed by atoms with Gasteiger partial charge in [-0.1, -0.05) is 27.2 Å². The minimum atomic E-state index is -1.24. The van der Waals surface area contributed by atoms with E-state index in [0.29, 0.717) is 46.2 Å². The molecule has 0 saturated heterocycles. The number of alkyl halides is 1. The number of rotatable bonds is 21. The van der Waals surface area contributed by atoms with Crippen LogP contribution in [0.2, 0.25) is 0 Å². The van der Waals surface area contributed by atoms with E-state index >= 15 is 0 Å². The first-order chi connectivity index (χ1) is 14.1. The molecule has 0 aliphatic carbocycles. The van der Waals surface area contributed by atoms with Crippen LogP contribution < -0.4 is 10.6 Å². The molecule has 7 nitrogen and oxygen atoms in total. The van der Waals surface area contributed by atoms with Crippen molar-refractivity contribution in [3.05, 3.63) is 0 Å². The Labute approximate surface area is 179 Å². The lowest BCUT2D eigenvalue weighted by molar-refractivity contribution is -0.126. The molecule has 29 heavy (non-hydrogen) atoms. The van der Waals surface area contributed by atoms with Gasteiger partial charge in [-0.25, -0.2) is 4.39 Å². The molecule has 0 aromatic carbocycles. The molecule has 0 saturated carbocycles. The fourth-order valence-electron chi connectivity index (χ4n) is 2.64. The van der Waals surface area contributed by atoms with Crippen molar-refractivity contribution >= 4 is 5.91 Å². The van der Waals surface area contributed by atoms with E-state index in [9.17, 15) is 9.18 Å². The summed E-state index contributed by atoms with van der Waals surface area (Å²) in [4.78, 5) is 12.0. The number of hydrogen-bond donors (Lipinski definition) is 2. The number of carbonyl (C=O) groups excluding carboxylic acids is 1. The van der Waals surface area contributed by atoms with Gasteiger partial charge in [-0.15, -0.1) is 0 Å². The molecule has 0 aromatic heterocycles. The van der Waals surface area contributed by atoms with Gasteiger partial charge in [0.1, 0.15) is 6.17 Å². The maximum Gasteiger partial charge on any atom is 0.223 e. The highest BCUT2D eigenvalue weighted by Gasteiger charge is 2.20. The van der Waals surface area contributed by atoms with Gasteiger partial charge in [0.05, 0.1) is 58.9 Å². The zero-order chi connectivity index (χ0) is 21.7. The highest BCUT2D eigenvalue weighted by Crippen LogP contribution is 2.11. The lowest BCUT2D eigenvalue weighted by Gasteiger charge is -2.20. The van der Waals surface area contributed by atoms with Crippen LogP contribution >= 0.6 is 0 Å². The van der Waals surface area contributed by atoms with Crippen LogP contribution in [0.15, 0.2) is 0 Å². The molecule has 3 atom stereocenters. The van der Waals surface area contributed by atoms with Crippen LogP contribution in [0.25, 0.3) is 0 Å². The normalized spacial score (nSPS) is 14.5. The summed E-state index contributed by atoms with van der Waals surface area (Å²) in [6.45, 7) is 12.9. The Morgan fingerprint density at radius 1 is 0.966 bits per heavy atom. The summed E-state index contributed by atoms with van der Waals surface area (Å²) >= 11 is 0. The summed E-state index contributed by atoms with van der Waals surface area (Å²) in [6.07, 6.45) is 0.707. The first-order valence-corrected chi connectivity index (χ1v) is 11.0. The van der Waals surface area contributed by atoms with Gasteiger partial charge in [0.15, 0.2) is 0 Å². The lowest BCUT2D eigenvalue weighted by Crippen LogP contribution is -2.39. The molecule has 0 rings (SSSR count). The molecule has 3 unspecified atom stereocenters. The molecule has 8 heteroatoms. The quantitative estimate of drug-likeness (QED) is 0.275. The third-order valence-electron chi connectivity index (χ3n) is 4.51. The molecule has 0 bridgehead atoms. The Balaban J connectivity index is -0.00000392. The molecule has 0 aliphatic rings. The molecule has 2 N–H and O–H groups in total. The zero-order valence-corrected chi connectivity index (χ0v) is 18.8. The van der Waals surface area contributed by atoms with Crippen LogP contribution in [0.1, 0.15) is 49.8 Å². The molecular formula is C21H47FN2O5. The van der Waals surface area contributed by atoms with Gasteiger partial charge in [-0.3, -0.25) is 4.79 Å². The first kappa shape index (κ1) is 28.2. The van der Waals surface area contributed by atoms with Gasteiger partial charge in [-0.05, 0) is 26.3 Å². The highest BCUT2D eigenvalue weighted by atomic mass is 19.1. The molecule has 0 radical (unpaired) electrons. The molecule has 178 valence electrons. The van der Waals surface area contributed by atoms with E-state index < -0.39 is 12.3 Å². The SMILES string of the molecule is CCCC(CC)C(=O)NCC(F)C(C)OCCOCCOCCOCCNCC.[HH].[HH]. The van der Waals surface area contributed by atoms with Gasteiger partial charge in [-0.2, -0.15) is 0 Å². The van der Waals surface area contributed by atoms with Gasteiger partial charge >= 0.3 is 0 Å². The van der Waals surface area contributed by atoms with E-state index in [1.807, 2.05) is 13.8 Å². The van der Waals surface area contributed by atoms with E-state index in [1.165, 1.54) is 0 Å². The van der Waals surface area contributed by atoms with E-state index in [4.69, 9.17) is 18.9 Å². The van der Waals surface area contributed by atoms with Crippen LogP contribution in [0.3, 0.4) is 0 Å². The molecular weight excluding hydrogens is 379 g/mol. The van der Waals surface area contributed by atoms with Gasteiger partial charge in [0.25, 0.3) is 0 Å². The fourth-order valence-corrected chi connectivity index (χ4v) is 2.64. The van der Waals surface area contributed by atoms with Crippen LogP contribution in [0.5, 0.6) is 0 Å². The standard InChI is InChI=1S/C21H43FN2O5.2H2/c1-5-8-19(6-2)21(25)24-17-20(22)18(4)29-16-15-28-14-13-27-12-11-26-10-9-23-7-3;;/h18-20,23H,5-17H2,1-4H3,(H,24,25);2*1H. The topological polar surface area (TPSA) is 78.1 Å². The number of likely N-dealkylation sites (N-methyl/N-ethyl adjacent to an activating group) is 1. The number of hydrogen-bond acceptors (Lipinski definition) is 6. The summed E-state index contributed by atoms with van der Waals surface area (Å²) < 4.78 is 35.8. The van der Waals surface area contributed by atoms with Crippen molar-refractivity contribution in [1.82, 2.24) is 10.6 Å². The van der Waals surface area contributed by atoms with Crippen LogP contribution in [-0.2, 0) is 23.7 Å². The van der Waals surface area contributed by atoms with E-state index in [-0.39, 0.29) is 21.2 Å². The third-order valence-corrected chi connectivity index (χ3v) is 4.51. The van der Waals surface area contributed by atoms with Crippen molar-refractivity contribution in [3.63, 3.8) is 0 Å². The maximum atomic E-state index is 14.1. The highest BCUT2D eigenvalue weighted by molar-refractivity contribution is 5.78. The lowest BCUT2D eigenvalue weighted by atomic mass is 10.00. The van der Waals surface area contributed by atoms with Crippen LogP contribution in [-0.4, -0.2) is 84.1 Å². The second-order valence-corrected chi connectivity index (χ2v) is 6.92. The molecule has 0 fully saturated rings. The van der Waals surface area contributed by atoms with Crippen molar-refractivity contribution in [2.75, 3.05) is 65.9 Å². The summed E-state index contributed by atoms with van der Waals surface area (Å²) in [5.74, 6) is -0.112. The average molecular weight is 427 g/mol. The molecule has 0 heterocycles. The van der Waals surface area contributed by atoms with E-state index in [1.54, 1.807) is 6.92 Å². The zero-order valence-electron chi connectivity index (χ0n) is 18.8. The Kier molecular flexibility index (Phi) is 19.9. The van der Waals surface area contributed by atoms with Crippen molar-refractivity contribution in [3.8, 4) is 0 Å². The summed E-state index contributed by atoms with van der Waals surface area (Å²) in [7, 11) is 0. The molecule has 0 aliphatic heterocycles.